The summed E-state index contributed by atoms with van der Waals surface area (Å²) in [4.78, 5) is 9.00. The number of nitrogens with zero attached hydrogens (tertiary/aromatic N) is 3. The average Bonchev–Trinajstić information content (AvgIpc) is 3.37. The highest BCUT2D eigenvalue weighted by molar-refractivity contribution is 7.17. The maximum atomic E-state index is 13.9. The number of aromatic nitrogens is 4. The van der Waals surface area contributed by atoms with Gasteiger partial charge in [-0.2, -0.15) is 10.1 Å². The van der Waals surface area contributed by atoms with Gasteiger partial charge in [0, 0.05) is 23.2 Å². The maximum Gasteiger partial charge on any atom is 0.225 e. The van der Waals surface area contributed by atoms with Crippen molar-refractivity contribution in [2.45, 2.75) is 6.54 Å². The Balaban J connectivity index is 1.45. The van der Waals surface area contributed by atoms with Gasteiger partial charge in [0.2, 0.25) is 5.95 Å². The van der Waals surface area contributed by atoms with E-state index in [4.69, 9.17) is 0 Å². The Morgan fingerprint density at radius 3 is 2.90 bits per heavy atom. The number of anilines is 3. The van der Waals surface area contributed by atoms with Crippen LogP contribution in [0, 0.1) is 11.6 Å². The SMILES string of the molecule is Fc1ccc(F)c(CNc2nc(Nc3ccc4[nH]ncc4c3)c3sccc3n2)c1. The minimum absolute atomic E-state index is 0.0691. The minimum atomic E-state index is -0.491. The first-order valence-electron chi connectivity index (χ1n) is 8.79. The van der Waals surface area contributed by atoms with Crippen molar-refractivity contribution >= 4 is 49.9 Å². The van der Waals surface area contributed by atoms with E-state index in [-0.39, 0.29) is 12.1 Å². The Hall–Kier alpha value is -3.59. The van der Waals surface area contributed by atoms with E-state index in [1.54, 1.807) is 6.20 Å². The first-order chi connectivity index (χ1) is 14.2. The van der Waals surface area contributed by atoms with Gasteiger partial charge in [-0.1, -0.05) is 0 Å². The lowest BCUT2D eigenvalue weighted by Gasteiger charge is -2.11. The van der Waals surface area contributed by atoms with Gasteiger partial charge in [-0.05, 0) is 47.8 Å². The number of benzene rings is 2. The van der Waals surface area contributed by atoms with Crippen LogP contribution in [0.15, 0.2) is 54.0 Å². The van der Waals surface area contributed by atoms with Gasteiger partial charge in [0.1, 0.15) is 11.6 Å². The number of rotatable bonds is 5. The third-order valence-corrected chi connectivity index (χ3v) is 5.36. The second kappa shape index (κ2) is 7.10. The fourth-order valence-electron chi connectivity index (χ4n) is 3.04. The smallest absolute Gasteiger partial charge is 0.225 e. The van der Waals surface area contributed by atoms with Gasteiger partial charge in [0.15, 0.2) is 5.82 Å². The molecule has 0 aliphatic heterocycles. The lowest BCUT2D eigenvalue weighted by molar-refractivity contribution is 0.587. The summed E-state index contributed by atoms with van der Waals surface area (Å²) in [6.07, 6.45) is 1.75. The van der Waals surface area contributed by atoms with Crippen LogP contribution in [0.1, 0.15) is 5.56 Å². The molecule has 6 nitrogen and oxygen atoms in total. The molecule has 0 unspecified atom stereocenters. The normalized spacial score (nSPS) is 11.2. The topological polar surface area (TPSA) is 78.5 Å². The summed E-state index contributed by atoms with van der Waals surface area (Å²) < 4.78 is 28.2. The van der Waals surface area contributed by atoms with Crippen LogP contribution in [0.25, 0.3) is 21.1 Å². The molecule has 5 rings (SSSR count). The van der Waals surface area contributed by atoms with Crippen molar-refractivity contribution in [1.29, 1.82) is 0 Å². The number of H-pyrrole nitrogens is 1. The first-order valence-corrected chi connectivity index (χ1v) is 9.67. The van der Waals surface area contributed by atoms with Crippen LogP contribution in [-0.4, -0.2) is 20.2 Å². The van der Waals surface area contributed by atoms with Crippen LogP contribution in [-0.2, 0) is 6.54 Å². The Morgan fingerprint density at radius 2 is 1.97 bits per heavy atom. The molecule has 5 aromatic rings. The van der Waals surface area contributed by atoms with E-state index in [0.29, 0.717) is 11.8 Å². The lowest BCUT2D eigenvalue weighted by Crippen LogP contribution is -2.07. The molecule has 0 saturated carbocycles. The summed E-state index contributed by atoms with van der Waals surface area (Å²) in [5, 5.41) is 16.2. The van der Waals surface area contributed by atoms with E-state index >= 15 is 0 Å². The van der Waals surface area contributed by atoms with Crippen molar-refractivity contribution in [3.63, 3.8) is 0 Å². The summed E-state index contributed by atoms with van der Waals surface area (Å²) in [5.41, 5.74) is 2.77. The second-order valence-electron chi connectivity index (χ2n) is 6.42. The maximum absolute atomic E-state index is 13.9. The van der Waals surface area contributed by atoms with Crippen molar-refractivity contribution in [2.24, 2.45) is 0 Å². The summed E-state index contributed by atoms with van der Waals surface area (Å²) in [6, 6.07) is 11.1. The van der Waals surface area contributed by atoms with Crippen LogP contribution in [0.5, 0.6) is 0 Å². The van der Waals surface area contributed by atoms with Crippen molar-refractivity contribution in [3.8, 4) is 0 Å². The highest BCUT2D eigenvalue weighted by atomic mass is 32.1. The summed E-state index contributed by atoms with van der Waals surface area (Å²) >= 11 is 1.52. The molecule has 144 valence electrons. The van der Waals surface area contributed by atoms with Crippen molar-refractivity contribution < 1.29 is 8.78 Å². The van der Waals surface area contributed by atoms with Gasteiger partial charge in [-0.3, -0.25) is 5.10 Å². The Labute approximate surface area is 167 Å². The molecule has 0 atom stereocenters. The van der Waals surface area contributed by atoms with Gasteiger partial charge in [0.25, 0.3) is 0 Å². The second-order valence-corrected chi connectivity index (χ2v) is 7.33. The molecule has 0 spiro atoms. The van der Waals surface area contributed by atoms with E-state index < -0.39 is 11.6 Å². The van der Waals surface area contributed by atoms with E-state index in [1.807, 2.05) is 29.6 Å². The van der Waals surface area contributed by atoms with E-state index in [9.17, 15) is 8.78 Å². The summed E-state index contributed by atoms with van der Waals surface area (Å²) in [7, 11) is 0. The predicted molar refractivity (Wildman–Crippen MR) is 110 cm³/mol. The highest BCUT2D eigenvalue weighted by Crippen LogP contribution is 2.30. The molecule has 0 aliphatic carbocycles. The molecule has 3 aromatic heterocycles. The van der Waals surface area contributed by atoms with Gasteiger partial charge in [-0.15, -0.1) is 11.3 Å². The number of nitrogens with one attached hydrogen (secondary N) is 3. The lowest BCUT2D eigenvalue weighted by atomic mass is 10.2. The van der Waals surface area contributed by atoms with Gasteiger partial charge in [-0.25, -0.2) is 13.8 Å². The van der Waals surface area contributed by atoms with E-state index in [1.165, 1.54) is 11.3 Å². The van der Waals surface area contributed by atoms with Crippen LogP contribution < -0.4 is 10.6 Å². The number of hydrogen-bond donors (Lipinski definition) is 3. The fourth-order valence-corrected chi connectivity index (χ4v) is 3.81. The van der Waals surface area contributed by atoms with Gasteiger partial charge in [0.05, 0.1) is 21.9 Å². The number of thiophene rings is 1. The number of hydrogen-bond acceptors (Lipinski definition) is 6. The summed E-state index contributed by atoms with van der Waals surface area (Å²) in [6.45, 7) is 0.0691. The van der Waals surface area contributed by atoms with Crippen molar-refractivity contribution in [1.82, 2.24) is 20.2 Å². The summed E-state index contributed by atoms with van der Waals surface area (Å²) in [5.74, 6) is -0.0156. The number of fused-ring (bicyclic) bond motifs is 2. The molecule has 0 aliphatic rings. The zero-order valence-electron chi connectivity index (χ0n) is 14.9. The minimum Gasteiger partial charge on any atom is -0.350 e. The predicted octanol–water partition coefficient (Wildman–Crippen LogP) is 5.20. The van der Waals surface area contributed by atoms with E-state index in [2.05, 4.69) is 30.8 Å². The Morgan fingerprint density at radius 1 is 1.03 bits per heavy atom. The third-order valence-electron chi connectivity index (χ3n) is 4.45. The first kappa shape index (κ1) is 17.5. The van der Waals surface area contributed by atoms with Gasteiger partial charge >= 0.3 is 0 Å². The Bertz CT molecular complexity index is 1330. The number of aromatic amines is 1. The molecule has 3 N–H and O–H groups in total. The molecule has 0 saturated heterocycles. The molecular formula is C20H14F2N6S. The fraction of sp³-hybridized carbons (Fsp3) is 0.0500. The standard InChI is InChI=1S/C20H14F2N6S/c21-13-1-3-15(22)11(7-13)9-23-20-26-17-5-6-29-18(17)19(27-20)25-14-2-4-16-12(8-14)10-24-28-16/h1-8,10H,9H2,(H,24,28)(H2,23,25,26,27). The molecular weight excluding hydrogens is 394 g/mol. The Kier molecular flexibility index (Phi) is 4.28. The molecule has 0 amide bonds. The third kappa shape index (κ3) is 3.47. The molecule has 2 aromatic carbocycles. The molecule has 9 heteroatoms. The molecule has 3 heterocycles. The molecule has 0 fully saturated rings. The zero-order valence-corrected chi connectivity index (χ0v) is 15.7. The molecule has 29 heavy (non-hydrogen) atoms. The quantitative estimate of drug-likeness (QED) is 0.372. The number of halogens is 2. The van der Waals surface area contributed by atoms with Crippen LogP contribution in [0.3, 0.4) is 0 Å². The van der Waals surface area contributed by atoms with Crippen molar-refractivity contribution in [3.05, 3.63) is 71.2 Å². The van der Waals surface area contributed by atoms with Crippen molar-refractivity contribution in [2.75, 3.05) is 10.6 Å². The van der Waals surface area contributed by atoms with Crippen LogP contribution >= 0.6 is 11.3 Å². The van der Waals surface area contributed by atoms with E-state index in [0.717, 1.165) is 45.0 Å². The molecule has 0 radical (unpaired) electrons. The van der Waals surface area contributed by atoms with Gasteiger partial charge < -0.3 is 10.6 Å². The highest BCUT2D eigenvalue weighted by Gasteiger charge is 2.11. The zero-order chi connectivity index (χ0) is 19.8. The average molecular weight is 408 g/mol. The monoisotopic (exact) mass is 408 g/mol. The molecule has 0 bridgehead atoms. The largest absolute Gasteiger partial charge is 0.350 e. The van der Waals surface area contributed by atoms with Crippen LogP contribution in [0.2, 0.25) is 0 Å². The van der Waals surface area contributed by atoms with Crippen LogP contribution in [0.4, 0.5) is 26.2 Å².